The molecule has 0 atom stereocenters. The molecule has 0 N–H and O–H groups in total. The van der Waals surface area contributed by atoms with Gasteiger partial charge >= 0.3 is 0 Å². The van der Waals surface area contributed by atoms with E-state index in [1.165, 1.54) is 33.7 Å². The molecule has 2 heterocycles. The van der Waals surface area contributed by atoms with E-state index in [-0.39, 0.29) is 30.2 Å². The summed E-state index contributed by atoms with van der Waals surface area (Å²) in [5.74, 6) is -0.306. The number of hydrogen-bond acceptors (Lipinski definition) is 6. The second kappa shape index (κ2) is 10.3. The van der Waals surface area contributed by atoms with Gasteiger partial charge in [-0.05, 0) is 55.0 Å². The van der Waals surface area contributed by atoms with E-state index in [0.29, 0.717) is 27.6 Å². The van der Waals surface area contributed by atoms with Crippen molar-refractivity contribution in [2.24, 2.45) is 0 Å². The van der Waals surface area contributed by atoms with E-state index < -0.39 is 5.82 Å². The van der Waals surface area contributed by atoms with Crippen LogP contribution in [-0.2, 0) is 4.79 Å². The van der Waals surface area contributed by atoms with E-state index >= 15 is 0 Å². The molecule has 0 aliphatic heterocycles. The maximum Gasteiger partial charge on any atom is 0.267 e. The van der Waals surface area contributed by atoms with Crippen LogP contribution in [0.1, 0.15) is 12.0 Å². The summed E-state index contributed by atoms with van der Waals surface area (Å²) >= 11 is 1.11. The molecule has 1 amide bonds. The zero-order valence-corrected chi connectivity index (χ0v) is 19.1. The molecule has 0 saturated heterocycles. The lowest BCUT2D eigenvalue weighted by molar-refractivity contribution is -0.116. The Kier molecular flexibility index (Phi) is 6.99. The molecular formula is C25H20FN5O2S. The number of thioether (sulfide) groups is 1. The lowest BCUT2D eigenvalue weighted by Crippen LogP contribution is -2.33. The molecule has 2 aromatic carbocycles. The van der Waals surface area contributed by atoms with Crippen molar-refractivity contribution >= 4 is 34.3 Å². The number of carbonyl (C=O) groups is 1. The van der Waals surface area contributed by atoms with Crippen molar-refractivity contribution in [1.82, 2.24) is 14.5 Å². The molecule has 170 valence electrons. The number of pyridine rings is 1. The van der Waals surface area contributed by atoms with Crippen LogP contribution in [0.2, 0.25) is 0 Å². The lowest BCUT2D eigenvalue weighted by Gasteiger charge is -2.22. The third kappa shape index (κ3) is 4.82. The highest BCUT2D eigenvalue weighted by Gasteiger charge is 2.20. The molecule has 0 saturated carbocycles. The standard InChI is InChI=1S/C25H20FN5O2S/c1-17-6-4-14-28-23(17)31-24(33)20-7-2-3-8-21(20)29-25(31)34-16-22(32)30(15-5-13-27)19-11-9-18(26)10-12-19/h2-4,6-12,14H,5,15-16H2,1H3. The Morgan fingerprint density at radius 1 is 1.15 bits per heavy atom. The molecule has 0 bridgehead atoms. The van der Waals surface area contributed by atoms with Crippen LogP contribution in [0, 0.1) is 24.1 Å². The van der Waals surface area contributed by atoms with Crippen LogP contribution in [0.25, 0.3) is 16.7 Å². The molecule has 0 fully saturated rings. The number of aryl methyl sites for hydroxylation is 1. The summed E-state index contributed by atoms with van der Waals surface area (Å²) in [6, 6.07) is 18.2. The zero-order chi connectivity index (χ0) is 24.1. The Morgan fingerprint density at radius 2 is 1.91 bits per heavy atom. The van der Waals surface area contributed by atoms with E-state index in [0.717, 1.165) is 17.3 Å². The molecule has 0 radical (unpaired) electrons. The molecule has 0 aliphatic carbocycles. The van der Waals surface area contributed by atoms with Crippen LogP contribution in [0.4, 0.5) is 10.1 Å². The predicted molar refractivity (Wildman–Crippen MR) is 130 cm³/mol. The maximum atomic E-state index is 13.4. The van der Waals surface area contributed by atoms with E-state index in [4.69, 9.17) is 5.26 Å². The van der Waals surface area contributed by atoms with Gasteiger partial charge in [-0.15, -0.1) is 0 Å². The van der Waals surface area contributed by atoms with Crippen LogP contribution in [0.3, 0.4) is 0 Å². The second-order valence-electron chi connectivity index (χ2n) is 7.41. The first-order valence-corrected chi connectivity index (χ1v) is 11.5. The number of amides is 1. The predicted octanol–water partition coefficient (Wildman–Crippen LogP) is 4.27. The molecule has 0 aliphatic rings. The summed E-state index contributed by atoms with van der Waals surface area (Å²) in [5.41, 5.74) is 1.53. The van der Waals surface area contributed by atoms with Crippen molar-refractivity contribution in [2.45, 2.75) is 18.5 Å². The first-order valence-electron chi connectivity index (χ1n) is 10.5. The Balaban J connectivity index is 1.71. The van der Waals surface area contributed by atoms with Gasteiger partial charge in [-0.1, -0.05) is 30.0 Å². The van der Waals surface area contributed by atoms with Crippen LogP contribution >= 0.6 is 11.8 Å². The zero-order valence-electron chi connectivity index (χ0n) is 18.3. The van der Waals surface area contributed by atoms with Gasteiger partial charge in [0.1, 0.15) is 11.6 Å². The number of aromatic nitrogens is 3. The molecular weight excluding hydrogens is 453 g/mol. The maximum absolute atomic E-state index is 13.4. The fourth-order valence-corrected chi connectivity index (χ4v) is 4.36. The highest BCUT2D eigenvalue weighted by molar-refractivity contribution is 7.99. The number of fused-ring (bicyclic) bond motifs is 1. The highest BCUT2D eigenvalue weighted by Crippen LogP contribution is 2.24. The van der Waals surface area contributed by atoms with Crippen LogP contribution in [-0.4, -0.2) is 32.7 Å². The minimum Gasteiger partial charge on any atom is -0.311 e. The van der Waals surface area contributed by atoms with E-state index in [2.05, 4.69) is 9.97 Å². The molecule has 7 nitrogen and oxygen atoms in total. The first-order chi connectivity index (χ1) is 16.5. The van der Waals surface area contributed by atoms with Gasteiger partial charge in [0.2, 0.25) is 5.91 Å². The summed E-state index contributed by atoms with van der Waals surface area (Å²) in [6.45, 7) is 2.01. The van der Waals surface area contributed by atoms with Crippen molar-refractivity contribution in [3.8, 4) is 11.9 Å². The normalized spacial score (nSPS) is 10.7. The SMILES string of the molecule is Cc1cccnc1-n1c(SCC(=O)N(CCC#N)c2ccc(F)cc2)nc2ccccc2c1=O. The van der Waals surface area contributed by atoms with Gasteiger partial charge in [0, 0.05) is 18.4 Å². The summed E-state index contributed by atoms with van der Waals surface area (Å²) < 4.78 is 14.8. The minimum absolute atomic E-state index is 0.0422. The number of hydrogen-bond donors (Lipinski definition) is 0. The fourth-order valence-electron chi connectivity index (χ4n) is 3.49. The summed E-state index contributed by atoms with van der Waals surface area (Å²) in [7, 11) is 0. The van der Waals surface area contributed by atoms with Gasteiger partial charge in [-0.3, -0.25) is 9.59 Å². The third-order valence-corrected chi connectivity index (χ3v) is 6.07. The topological polar surface area (TPSA) is 91.9 Å². The molecule has 34 heavy (non-hydrogen) atoms. The monoisotopic (exact) mass is 473 g/mol. The Bertz CT molecular complexity index is 1450. The minimum atomic E-state index is -0.416. The second-order valence-corrected chi connectivity index (χ2v) is 8.36. The van der Waals surface area contributed by atoms with Gasteiger partial charge in [0.15, 0.2) is 5.16 Å². The van der Waals surface area contributed by atoms with Crippen molar-refractivity contribution in [1.29, 1.82) is 5.26 Å². The number of nitrogens with zero attached hydrogens (tertiary/aromatic N) is 5. The molecule has 4 rings (SSSR count). The highest BCUT2D eigenvalue weighted by atomic mass is 32.2. The van der Waals surface area contributed by atoms with Crippen LogP contribution < -0.4 is 10.5 Å². The largest absolute Gasteiger partial charge is 0.311 e. The molecule has 9 heteroatoms. The first kappa shape index (κ1) is 23.1. The van der Waals surface area contributed by atoms with Crippen molar-refractivity contribution in [2.75, 3.05) is 17.2 Å². The van der Waals surface area contributed by atoms with E-state index in [9.17, 15) is 14.0 Å². The number of nitriles is 1. The number of benzene rings is 2. The fraction of sp³-hybridized carbons (Fsp3) is 0.160. The van der Waals surface area contributed by atoms with Crippen molar-refractivity contribution < 1.29 is 9.18 Å². The smallest absolute Gasteiger partial charge is 0.267 e. The Morgan fingerprint density at radius 3 is 2.65 bits per heavy atom. The molecule has 0 spiro atoms. The third-order valence-electron chi connectivity index (χ3n) is 5.15. The van der Waals surface area contributed by atoms with Gasteiger partial charge in [0.05, 0.1) is 29.1 Å². The summed E-state index contributed by atoms with van der Waals surface area (Å²) in [4.78, 5) is 37.0. The Hall–Kier alpha value is -4.03. The van der Waals surface area contributed by atoms with Gasteiger partial charge in [0.25, 0.3) is 5.56 Å². The Labute approximate surface area is 199 Å². The van der Waals surface area contributed by atoms with Crippen molar-refractivity contribution in [3.63, 3.8) is 0 Å². The van der Waals surface area contributed by atoms with Crippen LogP contribution in [0.15, 0.2) is 76.8 Å². The summed E-state index contributed by atoms with van der Waals surface area (Å²) in [6.07, 6.45) is 1.72. The van der Waals surface area contributed by atoms with Crippen molar-refractivity contribution in [3.05, 3.63) is 88.6 Å². The quantitative estimate of drug-likeness (QED) is 0.294. The van der Waals surface area contributed by atoms with E-state index in [1.54, 1.807) is 36.5 Å². The van der Waals surface area contributed by atoms with Crippen LogP contribution in [0.5, 0.6) is 0 Å². The number of halogens is 1. The number of carbonyl (C=O) groups excluding carboxylic acids is 1. The molecule has 0 unspecified atom stereocenters. The van der Waals surface area contributed by atoms with E-state index in [1.807, 2.05) is 19.1 Å². The summed E-state index contributed by atoms with van der Waals surface area (Å²) in [5, 5.41) is 9.79. The average Bonchev–Trinajstić information content (AvgIpc) is 2.85. The van der Waals surface area contributed by atoms with Gasteiger partial charge in [-0.2, -0.15) is 5.26 Å². The van der Waals surface area contributed by atoms with Gasteiger partial charge < -0.3 is 4.90 Å². The average molecular weight is 474 g/mol. The number of anilines is 1. The lowest BCUT2D eigenvalue weighted by atomic mass is 10.2. The number of para-hydroxylation sites is 1. The molecule has 2 aromatic heterocycles. The number of rotatable bonds is 7. The van der Waals surface area contributed by atoms with Gasteiger partial charge in [-0.25, -0.2) is 18.9 Å². The molecule has 4 aromatic rings.